The fourth-order valence-corrected chi connectivity index (χ4v) is 1.45. The molecule has 0 fully saturated rings. The van der Waals surface area contributed by atoms with Crippen LogP contribution in [-0.2, 0) is 14.3 Å². The zero-order chi connectivity index (χ0) is 15.1. The van der Waals surface area contributed by atoms with Crippen LogP contribution in [0.4, 0.5) is 5.69 Å². The molecule has 0 aliphatic heterocycles. The van der Waals surface area contributed by atoms with Crippen LogP contribution >= 0.6 is 0 Å². The summed E-state index contributed by atoms with van der Waals surface area (Å²) in [5.41, 5.74) is 0.674. The van der Waals surface area contributed by atoms with Crippen LogP contribution in [-0.4, -0.2) is 30.4 Å². The van der Waals surface area contributed by atoms with Gasteiger partial charge < -0.3 is 15.4 Å². The second-order valence-electron chi connectivity index (χ2n) is 4.38. The monoisotopic (exact) mass is 278 g/mol. The van der Waals surface area contributed by atoms with Crippen molar-refractivity contribution in [2.45, 2.75) is 26.8 Å². The lowest BCUT2D eigenvalue weighted by molar-refractivity contribution is -0.136. The Labute approximate surface area is 117 Å². The molecule has 0 saturated carbocycles. The molecule has 1 aromatic carbocycles. The van der Waals surface area contributed by atoms with Crippen molar-refractivity contribution in [1.29, 1.82) is 0 Å². The number of amides is 2. The Kier molecular flexibility index (Phi) is 5.71. The fourth-order valence-electron chi connectivity index (χ4n) is 1.45. The summed E-state index contributed by atoms with van der Waals surface area (Å²) in [4.78, 5) is 34.6. The lowest BCUT2D eigenvalue weighted by Crippen LogP contribution is -2.39. The predicted octanol–water partition coefficient (Wildman–Crippen LogP) is 1.33. The Hall–Kier alpha value is -2.37. The number of benzene rings is 1. The Morgan fingerprint density at radius 2 is 1.90 bits per heavy atom. The molecule has 2 amide bonds. The quantitative estimate of drug-likeness (QED) is 0.642. The number of carbonyl (C=O) groups excluding carboxylic acids is 3. The number of ether oxygens (including phenoxy) is 1. The molecule has 6 nitrogen and oxygen atoms in total. The van der Waals surface area contributed by atoms with E-state index in [0.717, 1.165) is 0 Å². The minimum atomic E-state index is -0.778. The number of anilines is 1. The van der Waals surface area contributed by atoms with Crippen molar-refractivity contribution >= 4 is 23.5 Å². The van der Waals surface area contributed by atoms with Crippen LogP contribution in [0.3, 0.4) is 0 Å². The van der Waals surface area contributed by atoms with E-state index >= 15 is 0 Å². The van der Waals surface area contributed by atoms with Gasteiger partial charge in [0.2, 0.25) is 0 Å². The molecule has 1 aromatic rings. The van der Waals surface area contributed by atoms with Gasteiger partial charge in [0.1, 0.15) is 0 Å². The van der Waals surface area contributed by atoms with Gasteiger partial charge in [0.15, 0.2) is 0 Å². The molecule has 0 spiro atoms. The number of esters is 1. The second kappa shape index (κ2) is 7.28. The zero-order valence-corrected chi connectivity index (χ0v) is 11.7. The van der Waals surface area contributed by atoms with E-state index in [0.29, 0.717) is 11.3 Å². The van der Waals surface area contributed by atoms with E-state index in [1.165, 1.54) is 6.07 Å². The third kappa shape index (κ3) is 4.72. The normalized spacial score (nSPS) is 10.0. The molecule has 0 unspecified atom stereocenters. The third-order valence-corrected chi connectivity index (χ3v) is 2.26. The third-order valence-electron chi connectivity index (χ3n) is 2.26. The van der Waals surface area contributed by atoms with Crippen LogP contribution in [0, 0.1) is 0 Å². The molecule has 0 saturated heterocycles. The minimum absolute atomic E-state index is 0.126. The lowest BCUT2D eigenvalue weighted by Gasteiger charge is -2.09. The smallest absolute Gasteiger partial charge is 0.338 e. The summed E-state index contributed by atoms with van der Waals surface area (Å²) in [6.07, 6.45) is 0. The Balaban J connectivity index is 2.73. The van der Waals surface area contributed by atoms with Gasteiger partial charge in [-0.1, -0.05) is 6.07 Å². The van der Waals surface area contributed by atoms with Crippen LogP contribution in [0.5, 0.6) is 0 Å². The van der Waals surface area contributed by atoms with Crippen LogP contribution < -0.4 is 10.6 Å². The van der Waals surface area contributed by atoms with Gasteiger partial charge >= 0.3 is 17.8 Å². The van der Waals surface area contributed by atoms with Crippen molar-refractivity contribution in [1.82, 2.24) is 5.32 Å². The standard InChI is InChI=1S/C14H18N2O4/c1-4-20-14(19)10-6-5-7-11(8-10)16-13(18)12(17)15-9(2)3/h5-9H,4H2,1-3H3,(H,15,17)(H,16,18). The van der Waals surface area contributed by atoms with Gasteiger partial charge in [-0.2, -0.15) is 0 Å². The SMILES string of the molecule is CCOC(=O)c1cccc(NC(=O)C(=O)NC(C)C)c1. The molecule has 0 radical (unpaired) electrons. The molecule has 0 atom stereocenters. The topological polar surface area (TPSA) is 84.5 Å². The van der Waals surface area contributed by atoms with Crippen LogP contribution in [0.15, 0.2) is 24.3 Å². The fraction of sp³-hybridized carbons (Fsp3) is 0.357. The van der Waals surface area contributed by atoms with E-state index in [4.69, 9.17) is 4.74 Å². The van der Waals surface area contributed by atoms with E-state index in [1.54, 1.807) is 39.0 Å². The highest BCUT2D eigenvalue weighted by Crippen LogP contribution is 2.11. The van der Waals surface area contributed by atoms with E-state index in [-0.39, 0.29) is 12.6 Å². The van der Waals surface area contributed by atoms with E-state index in [1.807, 2.05) is 0 Å². The second-order valence-corrected chi connectivity index (χ2v) is 4.38. The largest absolute Gasteiger partial charge is 0.462 e. The number of rotatable bonds is 4. The molecule has 1 rings (SSSR count). The highest BCUT2D eigenvalue weighted by atomic mass is 16.5. The molecule has 0 bridgehead atoms. The van der Waals surface area contributed by atoms with Gasteiger partial charge in [0, 0.05) is 11.7 Å². The van der Waals surface area contributed by atoms with Crippen molar-refractivity contribution in [2.75, 3.05) is 11.9 Å². The Morgan fingerprint density at radius 3 is 2.50 bits per heavy atom. The van der Waals surface area contributed by atoms with Gasteiger partial charge in [0.05, 0.1) is 12.2 Å². The van der Waals surface area contributed by atoms with Crippen molar-refractivity contribution < 1.29 is 19.1 Å². The lowest BCUT2D eigenvalue weighted by atomic mass is 10.2. The maximum absolute atomic E-state index is 11.6. The molecule has 108 valence electrons. The van der Waals surface area contributed by atoms with Crippen molar-refractivity contribution in [3.8, 4) is 0 Å². The van der Waals surface area contributed by atoms with Crippen molar-refractivity contribution in [3.05, 3.63) is 29.8 Å². The molecular weight excluding hydrogens is 260 g/mol. The maximum Gasteiger partial charge on any atom is 0.338 e. The number of hydrogen-bond acceptors (Lipinski definition) is 4. The van der Waals surface area contributed by atoms with Crippen LogP contribution in [0.1, 0.15) is 31.1 Å². The van der Waals surface area contributed by atoms with E-state index in [9.17, 15) is 14.4 Å². The minimum Gasteiger partial charge on any atom is -0.462 e. The molecular formula is C14H18N2O4. The summed E-state index contributed by atoms with van der Waals surface area (Å²) in [5.74, 6) is -1.98. The first-order chi connectivity index (χ1) is 9.43. The highest BCUT2D eigenvalue weighted by Gasteiger charge is 2.15. The molecule has 0 aliphatic carbocycles. The van der Waals surface area contributed by atoms with Gasteiger partial charge in [-0.25, -0.2) is 4.79 Å². The zero-order valence-electron chi connectivity index (χ0n) is 11.7. The van der Waals surface area contributed by atoms with Gasteiger partial charge in [-0.3, -0.25) is 9.59 Å². The maximum atomic E-state index is 11.6. The summed E-state index contributed by atoms with van der Waals surface area (Å²) in [6.45, 7) is 5.49. The summed E-state index contributed by atoms with van der Waals surface area (Å²) in [6, 6.07) is 6.09. The van der Waals surface area contributed by atoms with Crippen LogP contribution in [0.2, 0.25) is 0 Å². The van der Waals surface area contributed by atoms with Crippen molar-refractivity contribution in [3.63, 3.8) is 0 Å². The Bertz CT molecular complexity index is 512. The molecule has 0 aromatic heterocycles. The van der Waals surface area contributed by atoms with Gasteiger partial charge in [-0.15, -0.1) is 0 Å². The highest BCUT2D eigenvalue weighted by molar-refractivity contribution is 6.39. The number of hydrogen-bond donors (Lipinski definition) is 2. The molecule has 2 N–H and O–H groups in total. The summed E-state index contributed by atoms with van der Waals surface area (Å²) in [7, 11) is 0. The first-order valence-electron chi connectivity index (χ1n) is 6.33. The van der Waals surface area contributed by atoms with Crippen LogP contribution in [0.25, 0.3) is 0 Å². The predicted molar refractivity (Wildman–Crippen MR) is 74.3 cm³/mol. The number of nitrogens with one attached hydrogen (secondary N) is 2. The Morgan fingerprint density at radius 1 is 1.20 bits per heavy atom. The van der Waals surface area contributed by atoms with E-state index in [2.05, 4.69) is 10.6 Å². The van der Waals surface area contributed by atoms with Gasteiger partial charge in [-0.05, 0) is 39.0 Å². The number of carbonyl (C=O) groups is 3. The first-order valence-corrected chi connectivity index (χ1v) is 6.33. The first kappa shape index (κ1) is 15.7. The van der Waals surface area contributed by atoms with Gasteiger partial charge in [0.25, 0.3) is 0 Å². The van der Waals surface area contributed by atoms with E-state index < -0.39 is 17.8 Å². The molecule has 6 heteroatoms. The van der Waals surface area contributed by atoms with Crippen molar-refractivity contribution in [2.24, 2.45) is 0 Å². The average Bonchev–Trinajstić information content (AvgIpc) is 2.38. The molecule has 0 aliphatic rings. The summed E-state index contributed by atoms with van der Waals surface area (Å²) < 4.78 is 4.86. The summed E-state index contributed by atoms with van der Waals surface area (Å²) >= 11 is 0. The molecule has 0 heterocycles. The molecule has 20 heavy (non-hydrogen) atoms. The average molecular weight is 278 g/mol. The summed E-state index contributed by atoms with van der Waals surface area (Å²) in [5, 5.41) is 4.90.